The van der Waals surface area contributed by atoms with Gasteiger partial charge in [0.25, 0.3) is 10.0 Å². The third-order valence-corrected chi connectivity index (χ3v) is 5.96. The predicted octanol–water partition coefficient (Wildman–Crippen LogP) is 2.45. The van der Waals surface area contributed by atoms with Crippen LogP contribution in [0, 0.1) is 6.92 Å². The van der Waals surface area contributed by atoms with Crippen LogP contribution in [-0.4, -0.2) is 35.1 Å². The molecule has 25 heavy (non-hydrogen) atoms. The van der Waals surface area contributed by atoms with Crippen molar-refractivity contribution in [2.24, 2.45) is 7.05 Å². The SMILES string of the molecule is Cc1nc(S(=O)(=O)NC2CCC(Oc3ccc(Cl)cn3)CC2)cn1C. The van der Waals surface area contributed by atoms with E-state index in [9.17, 15) is 8.42 Å². The number of aryl methyl sites for hydroxylation is 2. The van der Waals surface area contributed by atoms with Gasteiger partial charge in [0.2, 0.25) is 5.88 Å². The van der Waals surface area contributed by atoms with E-state index in [0.717, 1.165) is 12.8 Å². The van der Waals surface area contributed by atoms with Gasteiger partial charge in [0.15, 0.2) is 5.03 Å². The first-order valence-corrected chi connectivity index (χ1v) is 10.00. The van der Waals surface area contributed by atoms with E-state index in [4.69, 9.17) is 16.3 Å². The number of imidazole rings is 1. The molecular weight excluding hydrogens is 364 g/mol. The largest absolute Gasteiger partial charge is 0.474 e. The summed E-state index contributed by atoms with van der Waals surface area (Å²) >= 11 is 5.81. The molecule has 2 aromatic rings. The lowest BCUT2D eigenvalue weighted by molar-refractivity contribution is 0.138. The third-order valence-electron chi connectivity index (χ3n) is 4.35. The quantitative estimate of drug-likeness (QED) is 0.855. The van der Waals surface area contributed by atoms with Crippen molar-refractivity contribution in [3.63, 3.8) is 0 Å². The molecule has 2 heterocycles. The molecule has 1 aliphatic carbocycles. The first-order chi connectivity index (χ1) is 11.8. The van der Waals surface area contributed by atoms with Crippen molar-refractivity contribution in [2.45, 2.75) is 49.8 Å². The van der Waals surface area contributed by atoms with Gasteiger partial charge in [0.05, 0.1) is 5.02 Å². The Bertz CT molecular complexity index is 808. The lowest BCUT2D eigenvalue weighted by Crippen LogP contribution is -2.39. The zero-order valence-corrected chi connectivity index (χ0v) is 15.7. The molecule has 0 radical (unpaired) electrons. The molecule has 0 aromatic carbocycles. The van der Waals surface area contributed by atoms with E-state index < -0.39 is 10.0 Å². The van der Waals surface area contributed by atoms with Crippen molar-refractivity contribution in [2.75, 3.05) is 0 Å². The van der Waals surface area contributed by atoms with Gasteiger partial charge in [-0.05, 0) is 38.7 Å². The molecule has 1 saturated carbocycles. The standard InChI is InChI=1S/C16H21ClN4O3S/c1-11-19-16(10-21(11)2)25(22,23)20-13-4-6-14(7-5-13)24-15-8-3-12(17)9-18-15/h3,8-10,13-14,20H,4-7H2,1-2H3. The Balaban J connectivity index is 1.54. The van der Waals surface area contributed by atoms with E-state index in [1.54, 1.807) is 36.9 Å². The van der Waals surface area contributed by atoms with Gasteiger partial charge in [-0.15, -0.1) is 0 Å². The van der Waals surface area contributed by atoms with Crippen LogP contribution in [0.4, 0.5) is 0 Å². The first kappa shape index (κ1) is 18.2. The summed E-state index contributed by atoms with van der Waals surface area (Å²) in [5.41, 5.74) is 0. The lowest BCUT2D eigenvalue weighted by atomic mass is 9.94. The van der Waals surface area contributed by atoms with Crippen molar-refractivity contribution in [3.05, 3.63) is 35.4 Å². The van der Waals surface area contributed by atoms with Crippen LogP contribution in [0.25, 0.3) is 0 Å². The molecule has 0 saturated heterocycles. The smallest absolute Gasteiger partial charge is 0.259 e. The zero-order valence-electron chi connectivity index (χ0n) is 14.1. The molecule has 0 atom stereocenters. The second-order valence-electron chi connectivity index (χ2n) is 6.26. The van der Waals surface area contributed by atoms with E-state index in [2.05, 4.69) is 14.7 Å². The van der Waals surface area contributed by atoms with Gasteiger partial charge >= 0.3 is 0 Å². The zero-order chi connectivity index (χ0) is 18.0. The molecule has 1 fully saturated rings. The Morgan fingerprint density at radius 2 is 2.00 bits per heavy atom. The molecule has 0 bridgehead atoms. The predicted molar refractivity (Wildman–Crippen MR) is 94.2 cm³/mol. The Morgan fingerprint density at radius 3 is 2.56 bits per heavy atom. The van der Waals surface area contributed by atoms with Crippen LogP contribution in [0.15, 0.2) is 29.6 Å². The summed E-state index contributed by atoms with van der Waals surface area (Å²) in [6.45, 7) is 1.77. The molecule has 0 aliphatic heterocycles. The monoisotopic (exact) mass is 384 g/mol. The molecular formula is C16H21ClN4O3S. The van der Waals surface area contributed by atoms with E-state index >= 15 is 0 Å². The molecule has 7 nitrogen and oxygen atoms in total. The summed E-state index contributed by atoms with van der Waals surface area (Å²) in [5, 5.41) is 0.631. The van der Waals surface area contributed by atoms with Crippen LogP contribution in [-0.2, 0) is 17.1 Å². The summed E-state index contributed by atoms with van der Waals surface area (Å²) in [6.07, 6.45) is 6.06. The highest BCUT2D eigenvalue weighted by Crippen LogP contribution is 2.24. The van der Waals surface area contributed by atoms with Crippen molar-refractivity contribution >= 4 is 21.6 Å². The van der Waals surface area contributed by atoms with Gasteiger partial charge in [-0.3, -0.25) is 0 Å². The number of rotatable bonds is 5. The molecule has 0 spiro atoms. The van der Waals surface area contributed by atoms with Gasteiger partial charge in [0, 0.05) is 31.5 Å². The fourth-order valence-electron chi connectivity index (χ4n) is 2.84. The highest BCUT2D eigenvalue weighted by Gasteiger charge is 2.28. The van der Waals surface area contributed by atoms with Gasteiger partial charge in [0.1, 0.15) is 11.9 Å². The summed E-state index contributed by atoms with van der Waals surface area (Å²) < 4.78 is 35.1. The summed E-state index contributed by atoms with van der Waals surface area (Å²) in [4.78, 5) is 8.22. The summed E-state index contributed by atoms with van der Waals surface area (Å²) in [6, 6.07) is 3.37. The topological polar surface area (TPSA) is 86.1 Å². The van der Waals surface area contributed by atoms with Crippen molar-refractivity contribution in [1.29, 1.82) is 0 Å². The Morgan fingerprint density at radius 1 is 1.28 bits per heavy atom. The number of nitrogens with zero attached hydrogens (tertiary/aromatic N) is 3. The summed E-state index contributed by atoms with van der Waals surface area (Å²) in [5.74, 6) is 1.20. The summed E-state index contributed by atoms with van der Waals surface area (Å²) in [7, 11) is -1.82. The Labute approximate surface area is 152 Å². The highest BCUT2D eigenvalue weighted by atomic mass is 35.5. The molecule has 1 N–H and O–H groups in total. The van der Waals surface area contributed by atoms with E-state index in [-0.39, 0.29) is 17.2 Å². The van der Waals surface area contributed by atoms with Crippen LogP contribution in [0.1, 0.15) is 31.5 Å². The normalized spacial score (nSPS) is 21.2. The number of aromatic nitrogens is 3. The molecule has 0 unspecified atom stereocenters. The number of pyridine rings is 1. The number of nitrogens with one attached hydrogen (secondary N) is 1. The molecule has 3 rings (SSSR count). The number of hydrogen-bond donors (Lipinski definition) is 1. The maximum Gasteiger partial charge on any atom is 0.259 e. The molecule has 0 amide bonds. The van der Waals surface area contributed by atoms with Crippen LogP contribution < -0.4 is 9.46 Å². The molecule has 9 heteroatoms. The minimum absolute atomic E-state index is 0.0338. The molecule has 2 aromatic heterocycles. The van der Waals surface area contributed by atoms with Gasteiger partial charge < -0.3 is 9.30 Å². The van der Waals surface area contributed by atoms with Crippen molar-refractivity contribution < 1.29 is 13.2 Å². The average molecular weight is 385 g/mol. The molecule has 136 valence electrons. The van der Waals surface area contributed by atoms with E-state index in [1.807, 2.05) is 0 Å². The number of ether oxygens (including phenoxy) is 1. The van der Waals surface area contributed by atoms with Crippen molar-refractivity contribution in [3.8, 4) is 5.88 Å². The number of sulfonamides is 1. The Hall–Kier alpha value is -1.64. The van der Waals surface area contributed by atoms with E-state index in [0.29, 0.717) is 29.6 Å². The average Bonchev–Trinajstić information content (AvgIpc) is 2.91. The van der Waals surface area contributed by atoms with Crippen LogP contribution in [0.2, 0.25) is 5.02 Å². The van der Waals surface area contributed by atoms with Gasteiger partial charge in [-0.1, -0.05) is 11.6 Å². The van der Waals surface area contributed by atoms with Gasteiger partial charge in [-0.2, -0.15) is 0 Å². The van der Waals surface area contributed by atoms with Gasteiger partial charge in [-0.25, -0.2) is 23.1 Å². The maximum absolute atomic E-state index is 12.4. The Kier molecular flexibility index (Phi) is 5.31. The number of halogens is 1. The first-order valence-electron chi connectivity index (χ1n) is 8.14. The fraction of sp³-hybridized carbons (Fsp3) is 0.500. The fourth-order valence-corrected chi connectivity index (χ4v) is 4.29. The molecule has 1 aliphatic rings. The highest BCUT2D eigenvalue weighted by molar-refractivity contribution is 7.89. The van der Waals surface area contributed by atoms with Crippen LogP contribution in [0.3, 0.4) is 0 Å². The van der Waals surface area contributed by atoms with Crippen LogP contribution >= 0.6 is 11.6 Å². The third kappa shape index (κ3) is 4.50. The second-order valence-corrected chi connectivity index (χ2v) is 8.36. The lowest BCUT2D eigenvalue weighted by Gasteiger charge is -2.28. The second kappa shape index (κ2) is 7.31. The maximum atomic E-state index is 12.4. The minimum Gasteiger partial charge on any atom is -0.474 e. The van der Waals surface area contributed by atoms with Crippen molar-refractivity contribution in [1.82, 2.24) is 19.3 Å². The van der Waals surface area contributed by atoms with E-state index in [1.165, 1.54) is 6.20 Å². The minimum atomic E-state index is -3.59. The van der Waals surface area contributed by atoms with Crippen LogP contribution in [0.5, 0.6) is 5.88 Å². The number of hydrogen-bond acceptors (Lipinski definition) is 5.